The highest BCUT2D eigenvalue weighted by Crippen LogP contribution is 2.29. The number of amides is 1. The quantitative estimate of drug-likeness (QED) is 0.867. The summed E-state index contributed by atoms with van der Waals surface area (Å²) in [6, 6.07) is 8.80. The maximum Gasteiger partial charge on any atom is 0.237 e. The van der Waals surface area contributed by atoms with Crippen LogP contribution in [0.25, 0.3) is 0 Å². The molecule has 3 nitrogen and oxygen atoms in total. The molecule has 19 heavy (non-hydrogen) atoms. The van der Waals surface area contributed by atoms with E-state index >= 15 is 0 Å². The molecular formula is C15H19ClN2O. The largest absolute Gasteiger partial charge is 0.334 e. The molecule has 0 heterocycles. The maximum atomic E-state index is 12.3. The topological polar surface area (TPSA) is 32.3 Å². The SMILES string of the molecule is O=C(CNC1CC1)N(Cc1ccc(Cl)cc1)C1CC1. The van der Waals surface area contributed by atoms with Crippen LogP contribution in [0.2, 0.25) is 5.02 Å². The molecule has 1 amide bonds. The molecule has 0 aromatic heterocycles. The fraction of sp³-hybridized carbons (Fsp3) is 0.533. The molecule has 2 saturated carbocycles. The molecule has 0 atom stereocenters. The molecule has 4 heteroatoms. The summed E-state index contributed by atoms with van der Waals surface area (Å²) >= 11 is 5.89. The zero-order valence-electron chi connectivity index (χ0n) is 10.9. The van der Waals surface area contributed by atoms with Crippen molar-refractivity contribution >= 4 is 17.5 Å². The van der Waals surface area contributed by atoms with Gasteiger partial charge in [0.15, 0.2) is 0 Å². The zero-order valence-corrected chi connectivity index (χ0v) is 11.7. The highest BCUT2D eigenvalue weighted by atomic mass is 35.5. The lowest BCUT2D eigenvalue weighted by Crippen LogP contribution is -2.39. The highest BCUT2D eigenvalue weighted by molar-refractivity contribution is 6.30. The number of halogens is 1. The van der Waals surface area contributed by atoms with Crippen LogP contribution in [0.4, 0.5) is 0 Å². The Morgan fingerprint density at radius 1 is 1.21 bits per heavy atom. The number of carbonyl (C=O) groups is 1. The Balaban J connectivity index is 1.59. The van der Waals surface area contributed by atoms with Crippen molar-refractivity contribution in [2.45, 2.75) is 44.3 Å². The predicted octanol–water partition coefficient (Wildman–Crippen LogP) is 2.58. The third-order valence-corrected chi connectivity index (χ3v) is 3.95. The van der Waals surface area contributed by atoms with Crippen molar-refractivity contribution in [2.75, 3.05) is 6.54 Å². The van der Waals surface area contributed by atoms with E-state index in [9.17, 15) is 4.79 Å². The Labute approximate surface area is 118 Å². The van der Waals surface area contributed by atoms with Gasteiger partial charge in [0.25, 0.3) is 0 Å². The van der Waals surface area contributed by atoms with E-state index in [1.807, 2.05) is 29.2 Å². The minimum absolute atomic E-state index is 0.226. The van der Waals surface area contributed by atoms with Crippen molar-refractivity contribution < 1.29 is 4.79 Å². The van der Waals surface area contributed by atoms with E-state index in [2.05, 4.69) is 5.32 Å². The summed E-state index contributed by atoms with van der Waals surface area (Å²) < 4.78 is 0. The third-order valence-electron chi connectivity index (χ3n) is 3.69. The second-order valence-electron chi connectivity index (χ2n) is 5.53. The van der Waals surface area contributed by atoms with Gasteiger partial charge < -0.3 is 10.2 Å². The molecule has 1 aromatic rings. The van der Waals surface area contributed by atoms with Gasteiger partial charge >= 0.3 is 0 Å². The van der Waals surface area contributed by atoms with Crippen molar-refractivity contribution in [3.8, 4) is 0 Å². The van der Waals surface area contributed by atoms with Crippen molar-refractivity contribution in [1.29, 1.82) is 0 Å². The summed E-state index contributed by atoms with van der Waals surface area (Å²) in [4.78, 5) is 14.3. The molecule has 2 aliphatic rings. The van der Waals surface area contributed by atoms with Gasteiger partial charge in [-0.1, -0.05) is 23.7 Å². The summed E-state index contributed by atoms with van der Waals surface area (Å²) in [5.74, 6) is 0.226. The molecule has 2 aliphatic carbocycles. The van der Waals surface area contributed by atoms with E-state index in [0.29, 0.717) is 25.2 Å². The van der Waals surface area contributed by atoms with Gasteiger partial charge in [-0.2, -0.15) is 0 Å². The molecule has 0 saturated heterocycles. The second-order valence-corrected chi connectivity index (χ2v) is 5.97. The lowest BCUT2D eigenvalue weighted by Gasteiger charge is -2.23. The van der Waals surface area contributed by atoms with Crippen LogP contribution < -0.4 is 5.32 Å². The predicted molar refractivity (Wildman–Crippen MR) is 76.0 cm³/mol. The average molecular weight is 279 g/mol. The molecule has 102 valence electrons. The molecule has 0 spiro atoms. The van der Waals surface area contributed by atoms with Crippen molar-refractivity contribution in [1.82, 2.24) is 10.2 Å². The molecule has 0 unspecified atom stereocenters. The normalized spacial score (nSPS) is 18.4. The Hall–Kier alpha value is -1.06. The van der Waals surface area contributed by atoms with E-state index < -0.39 is 0 Å². The molecule has 1 N–H and O–H groups in total. The number of rotatable bonds is 6. The lowest BCUT2D eigenvalue weighted by atomic mass is 10.2. The van der Waals surface area contributed by atoms with Crippen LogP contribution >= 0.6 is 11.6 Å². The van der Waals surface area contributed by atoms with Gasteiger partial charge in [-0.3, -0.25) is 4.79 Å². The first-order valence-electron chi connectivity index (χ1n) is 6.99. The van der Waals surface area contributed by atoms with Gasteiger partial charge in [0.1, 0.15) is 0 Å². The molecule has 0 bridgehead atoms. The van der Waals surface area contributed by atoms with Crippen molar-refractivity contribution in [3.63, 3.8) is 0 Å². The molecule has 1 aromatic carbocycles. The lowest BCUT2D eigenvalue weighted by molar-refractivity contribution is -0.131. The number of hydrogen-bond acceptors (Lipinski definition) is 2. The van der Waals surface area contributed by atoms with Crippen LogP contribution in [-0.2, 0) is 11.3 Å². The summed E-state index contributed by atoms with van der Waals surface area (Å²) in [6.45, 7) is 1.18. The molecule has 0 aliphatic heterocycles. The highest BCUT2D eigenvalue weighted by Gasteiger charge is 2.33. The maximum absolute atomic E-state index is 12.3. The van der Waals surface area contributed by atoms with Gasteiger partial charge in [-0.05, 0) is 43.4 Å². The molecule has 3 rings (SSSR count). The van der Waals surface area contributed by atoms with Crippen LogP contribution in [0.5, 0.6) is 0 Å². The minimum Gasteiger partial charge on any atom is -0.334 e. The number of carbonyl (C=O) groups excluding carboxylic acids is 1. The van der Waals surface area contributed by atoms with Gasteiger partial charge in [0.2, 0.25) is 5.91 Å². The third kappa shape index (κ3) is 3.71. The van der Waals surface area contributed by atoms with E-state index in [4.69, 9.17) is 11.6 Å². The first-order chi connectivity index (χ1) is 9.22. The van der Waals surface area contributed by atoms with E-state index in [-0.39, 0.29) is 5.91 Å². The Bertz CT molecular complexity index is 452. The summed E-state index contributed by atoms with van der Waals surface area (Å²) in [5, 5.41) is 4.04. The first kappa shape index (κ1) is 12.9. The van der Waals surface area contributed by atoms with Gasteiger partial charge in [-0.25, -0.2) is 0 Å². The smallest absolute Gasteiger partial charge is 0.237 e. The van der Waals surface area contributed by atoms with Crippen molar-refractivity contribution in [3.05, 3.63) is 34.9 Å². The van der Waals surface area contributed by atoms with Gasteiger partial charge in [0, 0.05) is 23.7 Å². The molecule has 0 radical (unpaired) electrons. The van der Waals surface area contributed by atoms with Crippen LogP contribution in [0.1, 0.15) is 31.2 Å². The van der Waals surface area contributed by atoms with Crippen LogP contribution in [0, 0.1) is 0 Å². The summed E-state index contributed by atoms with van der Waals surface area (Å²) in [7, 11) is 0. The minimum atomic E-state index is 0.226. The van der Waals surface area contributed by atoms with Gasteiger partial charge in [-0.15, -0.1) is 0 Å². The number of hydrogen-bond donors (Lipinski definition) is 1. The van der Waals surface area contributed by atoms with Crippen LogP contribution in [0.3, 0.4) is 0 Å². The summed E-state index contributed by atoms with van der Waals surface area (Å²) in [5.41, 5.74) is 1.15. The van der Waals surface area contributed by atoms with Crippen LogP contribution in [-0.4, -0.2) is 29.4 Å². The second kappa shape index (κ2) is 5.51. The number of nitrogens with one attached hydrogen (secondary N) is 1. The standard InChI is InChI=1S/C15H19ClN2O/c16-12-3-1-11(2-4-12)10-18(14-7-8-14)15(19)9-17-13-5-6-13/h1-4,13-14,17H,5-10H2. The molecular weight excluding hydrogens is 260 g/mol. The van der Waals surface area contributed by atoms with Crippen molar-refractivity contribution in [2.24, 2.45) is 0 Å². The fourth-order valence-corrected chi connectivity index (χ4v) is 2.34. The number of benzene rings is 1. The van der Waals surface area contributed by atoms with Crippen LogP contribution in [0.15, 0.2) is 24.3 Å². The van der Waals surface area contributed by atoms with E-state index in [1.165, 1.54) is 12.8 Å². The monoisotopic (exact) mass is 278 g/mol. The van der Waals surface area contributed by atoms with E-state index in [1.54, 1.807) is 0 Å². The first-order valence-corrected chi connectivity index (χ1v) is 7.37. The average Bonchev–Trinajstić information content (AvgIpc) is 3.28. The zero-order chi connectivity index (χ0) is 13.2. The Morgan fingerprint density at radius 2 is 1.89 bits per heavy atom. The Morgan fingerprint density at radius 3 is 2.47 bits per heavy atom. The number of nitrogens with zero attached hydrogens (tertiary/aromatic N) is 1. The summed E-state index contributed by atoms with van der Waals surface area (Å²) in [6.07, 6.45) is 4.72. The fourth-order valence-electron chi connectivity index (χ4n) is 2.21. The van der Waals surface area contributed by atoms with E-state index in [0.717, 1.165) is 23.4 Å². The molecule has 2 fully saturated rings. The van der Waals surface area contributed by atoms with Gasteiger partial charge in [0.05, 0.1) is 6.54 Å². The Kier molecular flexibility index (Phi) is 3.76.